The lowest BCUT2D eigenvalue weighted by Gasteiger charge is -2.11. The molecule has 118 valence electrons. The molecule has 0 amide bonds. The second kappa shape index (κ2) is 7.84. The van der Waals surface area contributed by atoms with Crippen molar-refractivity contribution in [3.8, 4) is 0 Å². The molecule has 22 heavy (non-hydrogen) atoms. The number of halogens is 2. The van der Waals surface area contributed by atoms with Gasteiger partial charge >= 0.3 is 0 Å². The van der Waals surface area contributed by atoms with E-state index >= 15 is 0 Å². The van der Waals surface area contributed by atoms with Crippen LogP contribution >= 0.6 is 11.3 Å². The number of benzene rings is 1. The Morgan fingerprint density at radius 1 is 1.32 bits per heavy atom. The first kappa shape index (κ1) is 16.4. The Labute approximate surface area is 132 Å². The average Bonchev–Trinajstić information content (AvgIpc) is 2.91. The first-order valence-electron chi connectivity index (χ1n) is 6.88. The lowest BCUT2D eigenvalue weighted by molar-refractivity contribution is 0.583. The second-order valence-corrected chi connectivity index (χ2v) is 6.02. The van der Waals surface area contributed by atoms with Gasteiger partial charge in [0, 0.05) is 24.7 Å². The maximum absolute atomic E-state index is 13.5. The van der Waals surface area contributed by atoms with Crippen LogP contribution in [0.1, 0.15) is 15.4 Å². The van der Waals surface area contributed by atoms with Crippen LogP contribution in [-0.4, -0.2) is 24.5 Å². The molecule has 0 fully saturated rings. The second-order valence-electron chi connectivity index (χ2n) is 4.70. The molecule has 2 N–H and O–H groups in total. The number of hydrogen-bond acceptors (Lipinski definition) is 3. The fourth-order valence-electron chi connectivity index (χ4n) is 1.91. The Morgan fingerprint density at radius 2 is 2.14 bits per heavy atom. The van der Waals surface area contributed by atoms with Crippen molar-refractivity contribution in [2.45, 2.75) is 19.9 Å². The van der Waals surface area contributed by atoms with E-state index in [9.17, 15) is 8.78 Å². The van der Waals surface area contributed by atoms with Crippen molar-refractivity contribution in [2.75, 3.05) is 13.6 Å². The predicted octanol–water partition coefficient (Wildman–Crippen LogP) is 2.64. The van der Waals surface area contributed by atoms with Crippen LogP contribution in [-0.2, 0) is 13.0 Å². The summed E-state index contributed by atoms with van der Waals surface area (Å²) in [6, 6.07) is 3.47. The summed E-state index contributed by atoms with van der Waals surface area (Å²) in [6.45, 7) is 3.03. The average molecular weight is 324 g/mol. The summed E-state index contributed by atoms with van der Waals surface area (Å²) in [7, 11) is 1.66. The number of aliphatic imine (C=N–C) groups is 1. The molecule has 0 unspecified atom stereocenters. The molecule has 0 atom stereocenters. The quantitative estimate of drug-likeness (QED) is 0.657. The van der Waals surface area contributed by atoms with Crippen LogP contribution in [0.2, 0.25) is 0 Å². The van der Waals surface area contributed by atoms with Crippen molar-refractivity contribution in [1.82, 2.24) is 15.6 Å². The first-order valence-corrected chi connectivity index (χ1v) is 7.70. The molecular formula is C15H18F2N4S. The molecule has 0 spiro atoms. The summed E-state index contributed by atoms with van der Waals surface area (Å²) >= 11 is 1.62. The maximum Gasteiger partial charge on any atom is 0.191 e. The SMILES string of the molecule is CN=C(NCCc1cc(F)ccc1F)NCc1ncc(C)s1. The van der Waals surface area contributed by atoms with Crippen LogP contribution in [0.15, 0.2) is 29.4 Å². The largest absolute Gasteiger partial charge is 0.356 e. The zero-order valence-electron chi connectivity index (χ0n) is 12.5. The lowest BCUT2D eigenvalue weighted by Crippen LogP contribution is -2.37. The summed E-state index contributed by atoms with van der Waals surface area (Å²) in [5.74, 6) is -0.230. The van der Waals surface area contributed by atoms with E-state index in [0.29, 0.717) is 31.0 Å². The number of guanidine groups is 1. The van der Waals surface area contributed by atoms with Crippen molar-refractivity contribution in [3.63, 3.8) is 0 Å². The van der Waals surface area contributed by atoms with Crippen molar-refractivity contribution in [3.05, 3.63) is 51.5 Å². The van der Waals surface area contributed by atoms with Gasteiger partial charge in [0.1, 0.15) is 16.6 Å². The molecule has 0 bridgehead atoms. The van der Waals surface area contributed by atoms with Gasteiger partial charge in [0.05, 0.1) is 6.54 Å². The van der Waals surface area contributed by atoms with E-state index in [1.807, 2.05) is 13.1 Å². The normalized spacial score (nSPS) is 11.5. The van der Waals surface area contributed by atoms with Crippen LogP contribution in [0, 0.1) is 18.6 Å². The van der Waals surface area contributed by atoms with Gasteiger partial charge in [-0.05, 0) is 37.1 Å². The van der Waals surface area contributed by atoms with Gasteiger partial charge in [0.15, 0.2) is 5.96 Å². The summed E-state index contributed by atoms with van der Waals surface area (Å²) < 4.78 is 26.6. The minimum absolute atomic E-state index is 0.346. The van der Waals surface area contributed by atoms with Crippen LogP contribution in [0.3, 0.4) is 0 Å². The highest BCUT2D eigenvalue weighted by atomic mass is 32.1. The molecule has 2 rings (SSSR count). The zero-order chi connectivity index (χ0) is 15.9. The summed E-state index contributed by atoms with van der Waals surface area (Å²) in [5.41, 5.74) is 0.346. The third kappa shape index (κ3) is 4.77. The van der Waals surface area contributed by atoms with E-state index in [1.54, 1.807) is 18.4 Å². The summed E-state index contributed by atoms with van der Waals surface area (Å²) in [4.78, 5) is 9.49. The van der Waals surface area contributed by atoms with Gasteiger partial charge < -0.3 is 10.6 Å². The topological polar surface area (TPSA) is 49.3 Å². The van der Waals surface area contributed by atoms with E-state index in [0.717, 1.165) is 22.0 Å². The van der Waals surface area contributed by atoms with Gasteiger partial charge in [-0.1, -0.05) is 0 Å². The molecule has 7 heteroatoms. The maximum atomic E-state index is 13.5. The highest BCUT2D eigenvalue weighted by Crippen LogP contribution is 2.11. The lowest BCUT2D eigenvalue weighted by atomic mass is 10.1. The van der Waals surface area contributed by atoms with E-state index in [2.05, 4.69) is 20.6 Å². The van der Waals surface area contributed by atoms with Gasteiger partial charge in [-0.2, -0.15) is 0 Å². The molecule has 0 saturated heterocycles. The van der Waals surface area contributed by atoms with Gasteiger partial charge in [-0.3, -0.25) is 4.99 Å². The first-order chi connectivity index (χ1) is 10.6. The fourth-order valence-corrected chi connectivity index (χ4v) is 2.64. The van der Waals surface area contributed by atoms with Gasteiger partial charge in [0.2, 0.25) is 0 Å². The Kier molecular flexibility index (Phi) is 5.83. The van der Waals surface area contributed by atoms with E-state index in [4.69, 9.17) is 0 Å². The molecule has 0 aliphatic carbocycles. The monoisotopic (exact) mass is 324 g/mol. The van der Waals surface area contributed by atoms with Crippen LogP contribution in [0.4, 0.5) is 8.78 Å². The molecule has 0 saturated carbocycles. The minimum atomic E-state index is -0.432. The minimum Gasteiger partial charge on any atom is -0.356 e. The number of thiazole rings is 1. The highest BCUT2D eigenvalue weighted by molar-refractivity contribution is 7.11. The molecule has 2 aromatic rings. The number of rotatable bonds is 5. The summed E-state index contributed by atoms with van der Waals surface area (Å²) in [6.07, 6.45) is 2.20. The Hall–Kier alpha value is -2.02. The molecule has 1 aromatic carbocycles. The Bertz CT molecular complexity index is 655. The molecule has 0 radical (unpaired) electrons. The molecule has 0 aliphatic rings. The smallest absolute Gasteiger partial charge is 0.191 e. The number of aryl methyl sites for hydroxylation is 1. The molecular weight excluding hydrogens is 306 g/mol. The predicted molar refractivity (Wildman–Crippen MR) is 85.1 cm³/mol. The highest BCUT2D eigenvalue weighted by Gasteiger charge is 2.05. The Balaban J connectivity index is 1.80. The third-order valence-corrected chi connectivity index (χ3v) is 3.91. The number of aromatic nitrogens is 1. The van der Waals surface area contributed by atoms with Crippen molar-refractivity contribution >= 4 is 17.3 Å². The van der Waals surface area contributed by atoms with Gasteiger partial charge in [-0.25, -0.2) is 13.8 Å². The molecule has 4 nitrogen and oxygen atoms in total. The van der Waals surface area contributed by atoms with Crippen molar-refractivity contribution < 1.29 is 8.78 Å². The third-order valence-electron chi connectivity index (χ3n) is 2.99. The molecule has 1 heterocycles. The van der Waals surface area contributed by atoms with Crippen LogP contribution in [0.25, 0.3) is 0 Å². The van der Waals surface area contributed by atoms with Gasteiger partial charge in [0.25, 0.3) is 0 Å². The summed E-state index contributed by atoms with van der Waals surface area (Å²) in [5, 5.41) is 7.17. The standard InChI is InChI=1S/C15H18F2N4S/c1-10-8-20-14(22-10)9-21-15(18-2)19-6-5-11-7-12(16)3-4-13(11)17/h3-4,7-8H,5-6,9H2,1-2H3,(H2,18,19,21). The zero-order valence-corrected chi connectivity index (χ0v) is 13.3. The van der Waals surface area contributed by atoms with Crippen LogP contribution < -0.4 is 10.6 Å². The molecule has 1 aromatic heterocycles. The fraction of sp³-hybridized carbons (Fsp3) is 0.333. The van der Waals surface area contributed by atoms with E-state index in [1.165, 1.54) is 6.07 Å². The number of hydrogen-bond donors (Lipinski definition) is 2. The van der Waals surface area contributed by atoms with Crippen molar-refractivity contribution in [2.24, 2.45) is 4.99 Å². The van der Waals surface area contributed by atoms with Crippen LogP contribution in [0.5, 0.6) is 0 Å². The van der Waals surface area contributed by atoms with E-state index < -0.39 is 11.6 Å². The van der Waals surface area contributed by atoms with E-state index in [-0.39, 0.29) is 0 Å². The Morgan fingerprint density at radius 3 is 2.82 bits per heavy atom. The number of nitrogens with one attached hydrogen (secondary N) is 2. The van der Waals surface area contributed by atoms with Gasteiger partial charge in [-0.15, -0.1) is 11.3 Å². The number of nitrogens with zero attached hydrogens (tertiary/aromatic N) is 2. The molecule has 0 aliphatic heterocycles. The van der Waals surface area contributed by atoms with Crippen molar-refractivity contribution in [1.29, 1.82) is 0 Å².